The van der Waals surface area contributed by atoms with Crippen LogP contribution in [0.2, 0.25) is 0 Å². The molecule has 1 saturated heterocycles. The third kappa shape index (κ3) is 2.32. The predicted octanol–water partition coefficient (Wildman–Crippen LogP) is 2.73. The molecule has 3 rings (SSSR count). The lowest BCUT2D eigenvalue weighted by Gasteiger charge is -2.41. The van der Waals surface area contributed by atoms with Crippen molar-refractivity contribution in [1.29, 1.82) is 0 Å². The first-order valence-corrected chi connectivity index (χ1v) is 7.99. The van der Waals surface area contributed by atoms with E-state index in [9.17, 15) is 5.11 Å². The van der Waals surface area contributed by atoms with Gasteiger partial charge in [-0.1, -0.05) is 0 Å². The number of hydrogen-bond acceptors (Lipinski definition) is 4. The van der Waals surface area contributed by atoms with Gasteiger partial charge in [-0.3, -0.25) is 4.68 Å². The normalized spacial score (nSPS) is 24.6. The molecule has 0 aromatic carbocycles. The summed E-state index contributed by atoms with van der Waals surface area (Å²) in [6.45, 7) is 5.46. The van der Waals surface area contributed by atoms with E-state index in [1.165, 1.54) is 0 Å². The largest absolute Gasteiger partial charge is 0.384 e. The van der Waals surface area contributed by atoms with Crippen molar-refractivity contribution in [2.45, 2.75) is 57.0 Å². The maximum absolute atomic E-state index is 11.1. The Morgan fingerprint density at radius 2 is 1.85 bits per heavy atom. The lowest BCUT2D eigenvalue weighted by atomic mass is 9.79. The fourth-order valence-corrected chi connectivity index (χ4v) is 3.88. The van der Waals surface area contributed by atoms with E-state index in [4.69, 9.17) is 9.47 Å². The van der Waals surface area contributed by atoms with Crippen molar-refractivity contribution in [1.82, 2.24) is 9.78 Å². The van der Waals surface area contributed by atoms with Crippen LogP contribution in [0.5, 0.6) is 0 Å². The van der Waals surface area contributed by atoms with Crippen LogP contribution in [0.25, 0.3) is 0 Å². The molecule has 1 aliphatic carbocycles. The van der Waals surface area contributed by atoms with E-state index in [1.807, 2.05) is 4.68 Å². The second-order valence-electron chi connectivity index (χ2n) is 6.02. The zero-order valence-electron chi connectivity index (χ0n) is 11.9. The van der Waals surface area contributed by atoms with E-state index in [1.54, 1.807) is 6.20 Å². The van der Waals surface area contributed by atoms with Gasteiger partial charge in [0.05, 0.1) is 29.6 Å². The zero-order valence-corrected chi connectivity index (χ0v) is 13.5. The monoisotopic (exact) mass is 344 g/mol. The molecule has 0 bridgehead atoms. The van der Waals surface area contributed by atoms with Gasteiger partial charge in [-0.05, 0) is 42.6 Å². The second kappa shape index (κ2) is 5.09. The fraction of sp³-hybridized carbons (Fsp3) is 0.786. The predicted molar refractivity (Wildman–Crippen MR) is 77.3 cm³/mol. The highest BCUT2D eigenvalue weighted by Gasteiger charge is 2.48. The van der Waals surface area contributed by atoms with Crippen LogP contribution >= 0.6 is 15.9 Å². The van der Waals surface area contributed by atoms with Crippen LogP contribution in [-0.4, -0.2) is 33.9 Å². The van der Waals surface area contributed by atoms with E-state index in [2.05, 4.69) is 34.9 Å². The van der Waals surface area contributed by atoms with Gasteiger partial charge < -0.3 is 14.6 Å². The highest BCUT2D eigenvalue weighted by atomic mass is 79.9. The van der Waals surface area contributed by atoms with Gasteiger partial charge in [0.25, 0.3) is 0 Å². The number of hydrogen-bond donors (Lipinski definition) is 1. The maximum Gasteiger partial charge on any atom is 0.168 e. The molecule has 20 heavy (non-hydrogen) atoms. The number of halogens is 1. The molecule has 112 valence electrons. The summed E-state index contributed by atoms with van der Waals surface area (Å²) in [5.41, 5.74) is 0.0144. The van der Waals surface area contributed by atoms with E-state index >= 15 is 0 Å². The van der Waals surface area contributed by atoms with Crippen molar-refractivity contribution in [2.24, 2.45) is 0 Å². The summed E-state index contributed by atoms with van der Waals surface area (Å²) in [4.78, 5) is 0. The molecule has 6 heteroatoms. The Kier molecular flexibility index (Phi) is 3.69. The van der Waals surface area contributed by atoms with E-state index in [-0.39, 0.29) is 6.04 Å². The minimum absolute atomic E-state index is 0.218. The molecular formula is C14H21BrN2O3. The summed E-state index contributed by atoms with van der Waals surface area (Å²) in [5.74, 6) is -0.457. The first-order valence-electron chi connectivity index (χ1n) is 7.20. The molecule has 1 aromatic heterocycles. The highest BCUT2D eigenvalue weighted by molar-refractivity contribution is 9.10. The maximum atomic E-state index is 11.1. The molecule has 1 saturated carbocycles. The van der Waals surface area contributed by atoms with Crippen molar-refractivity contribution in [3.63, 3.8) is 0 Å². The molecule has 2 fully saturated rings. The molecule has 0 atom stereocenters. The Labute approximate surface area is 127 Å². The van der Waals surface area contributed by atoms with E-state index in [0.717, 1.165) is 23.0 Å². The van der Waals surface area contributed by atoms with Gasteiger partial charge >= 0.3 is 0 Å². The molecule has 0 radical (unpaired) electrons. The van der Waals surface area contributed by atoms with Crippen LogP contribution in [0.3, 0.4) is 0 Å². The SMILES string of the molecule is CC(C)n1ncc(Br)c1C1(O)CCC2(CC1)OCCO2. The fourth-order valence-electron chi connectivity index (χ4n) is 3.24. The zero-order chi connectivity index (χ0) is 14.4. The Hall–Kier alpha value is -0.430. The van der Waals surface area contributed by atoms with Crippen molar-refractivity contribution >= 4 is 15.9 Å². The van der Waals surface area contributed by atoms with Gasteiger partial charge in [0, 0.05) is 18.9 Å². The van der Waals surface area contributed by atoms with Crippen LogP contribution in [0.15, 0.2) is 10.7 Å². The van der Waals surface area contributed by atoms with Gasteiger partial charge in [-0.15, -0.1) is 0 Å². The van der Waals surface area contributed by atoms with Crippen LogP contribution in [0.1, 0.15) is 51.3 Å². The van der Waals surface area contributed by atoms with Crippen LogP contribution in [0, 0.1) is 0 Å². The molecule has 1 N–H and O–H groups in total. The standard InChI is InChI=1S/C14H21BrN2O3/c1-10(2)17-12(11(15)9-16-17)13(18)3-5-14(6-4-13)19-7-8-20-14/h9-10,18H,3-8H2,1-2H3. The van der Waals surface area contributed by atoms with Crippen molar-refractivity contribution in [3.8, 4) is 0 Å². The molecule has 0 amide bonds. The summed E-state index contributed by atoms with van der Waals surface area (Å²) in [6.07, 6.45) is 4.46. The average Bonchev–Trinajstić information content (AvgIpc) is 3.01. The van der Waals surface area contributed by atoms with Gasteiger partial charge in [-0.2, -0.15) is 5.10 Å². The third-order valence-electron chi connectivity index (χ3n) is 4.33. The number of nitrogens with zero attached hydrogens (tertiary/aromatic N) is 2. The van der Waals surface area contributed by atoms with Gasteiger partial charge in [0.15, 0.2) is 5.79 Å². The Balaban J connectivity index is 1.85. The molecule has 0 unspecified atom stereocenters. The van der Waals surface area contributed by atoms with E-state index < -0.39 is 11.4 Å². The minimum Gasteiger partial charge on any atom is -0.384 e. The lowest BCUT2D eigenvalue weighted by molar-refractivity contribution is -0.205. The van der Waals surface area contributed by atoms with Crippen LogP contribution < -0.4 is 0 Å². The smallest absolute Gasteiger partial charge is 0.168 e. The molecule has 1 aliphatic heterocycles. The minimum atomic E-state index is -0.861. The summed E-state index contributed by atoms with van der Waals surface area (Å²) in [6, 6.07) is 0.218. The summed E-state index contributed by atoms with van der Waals surface area (Å²) in [5, 5.41) is 15.5. The first-order chi connectivity index (χ1) is 9.46. The molecule has 2 heterocycles. The van der Waals surface area contributed by atoms with Gasteiger partial charge in [-0.25, -0.2) is 0 Å². The molecule has 5 nitrogen and oxygen atoms in total. The van der Waals surface area contributed by atoms with Crippen molar-refractivity contribution in [3.05, 3.63) is 16.4 Å². The van der Waals surface area contributed by atoms with Crippen molar-refractivity contribution in [2.75, 3.05) is 13.2 Å². The Bertz CT molecular complexity index is 485. The summed E-state index contributed by atoms with van der Waals surface area (Å²) in [7, 11) is 0. The van der Waals surface area contributed by atoms with Crippen molar-refractivity contribution < 1.29 is 14.6 Å². The number of aliphatic hydroxyl groups is 1. The average molecular weight is 345 g/mol. The highest BCUT2D eigenvalue weighted by Crippen LogP contribution is 2.46. The Morgan fingerprint density at radius 1 is 1.25 bits per heavy atom. The number of aromatic nitrogens is 2. The first kappa shape index (κ1) is 14.5. The molecule has 1 spiro atoms. The van der Waals surface area contributed by atoms with Crippen LogP contribution in [-0.2, 0) is 15.1 Å². The second-order valence-corrected chi connectivity index (χ2v) is 6.87. The van der Waals surface area contributed by atoms with Gasteiger partial charge in [0.2, 0.25) is 0 Å². The Morgan fingerprint density at radius 3 is 2.40 bits per heavy atom. The van der Waals surface area contributed by atoms with Gasteiger partial charge in [0.1, 0.15) is 5.60 Å². The molecule has 2 aliphatic rings. The topological polar surface area (TPSA) is 56.5 Å². The third-order valence-corrected chi connectivity index (χ3v) is 4.91. The quantitative estimate of drug-likeness (QED) is 0.896. The molecular weight excluding hydrogens is 324 g/mol. The summed E-state index contributed by atoms with van der Waals surface area (Å²) >= 11 is 3.53. The molecule has 1 aromatic rings. The van der Waals surface area contributed by atoms with Crippen LogP contribution in [0.4, 0.5) is 0 Å². The number of rotatable bonds is 2. The van der Waals surface area contributed by atoms with E-state index in [0.29, 0.717) is 26.1 Å². The number of ether oxygens (including phenoxy) is 2. The lowest BCUT2D eigenvalue weighted by Crippen LogP contribution is -2.43. The summed E-state index contributed by atoms with van der Waals surface area (Å²) < 4.78 is 14.2.